The Bertz CT molecular complexity index is 1200. The molecular weight excluding hydrogens is 427 g/mol. The number of piperidine rings is 1. The van der Waals surface area contributed by atoms with Crippen LogP contribution >= 0.6 is 11.6 Å². The molecule has 2 N–H and O–H groups in total. The molecule has 0 amide bonds. The van der Waals surface area contributed by atoms with Crippen LogP contribution in [0, 0.1) is 5.82 Å². The first kappa shape index (κ1) is 20.7. The van der Waals surface area contributed by atoms with Crippen LogP contribution in [0.4, 0.5) is 4.39 Å². The molecular formula is C25H22ClFN4O. The van der Waals surface area contributed by atoms with Gasteiger partial charge in [-0.1, -0.05) is 11.6 Å². The lowest BCUT2D eigenvalue weighted by atomic mass is 9.98. The molecule has 0 bridgehead atoms. The van der Waals surface area contributed by atoms with Crippen LogP contribution in [-0.2, 0) is 0 Å². The molecule has 5 nitrogen and oxygen atoms in total. The van der Waals surface area contributed by atoms with Gasteiger partial charge in [0.25, 0.3) is 0 Å². The van der Waals surface area contributed by atoms with E-state index in [4.69, 9.17) is 21.3 Å². The second-order valence-corrected chi connectivity index (χ2v) is 8.25. The molecule has 0 aliphatic carbocycles. The maximum absolute atomic E-state index is 13.5. The second kappa shape index (κ2) is 9.10. The van der Waals surface area contributed by atoms with Crippen LogP contribution in [0.15, 0.2) is 66.9 Å². The van der Waals surface area contributed by atoms with Crippen molar-refractivity contribution in [3.8, 4) is 34.1 Å². The average Bonchev–Trinajstić information content (AvgIpc) is 3.27. The van der Waals surface area contributed by atoms with E-state index in [9.17, 15) is 4.39 Å². The van der Waals surface area contributed by atoms with Gasteiger partial charge in [-0.25, -0.2) is 14.4 Å². The zero-order valence-electron chi connectivity index (χ0n) is 17.3. The number of H-pyrrole nitrogens is 1. The molecule has 1 fully saturated rings. The standard InChI is InChI=1S/C25H22ClFN4O/c26-19-3-7-21(8-4-19)32-22-15-18(11-14-29-22)24-23(16-1-5-20(27)6-2-16)30-25(31-24)17-9-12-28-13-10-17/h1-8,11,14-15,17,28H,9-10,12-13H2,(H,30,31). The molecule has 4 aromatic rings. The maximum atomic E-state index is 13.5. The molecule has 1 saturated heterocycles. The van der Waals surface area contributed by atoms with E-state index in [1.165, 1.54) is 12.1 Å². The first-order valence-corrected chi connectivity index (χ1v) is 11.0. The lowest BCUT2D eigenvalue weighted by molar-refractivity contribution is 0.447. The lowest BCUT2D eigenvalue weighted by Gasteiger charge is -2.20. The van der Waals surface area contributed by atoms with Gasteiger partial charge in [0.15, 0.2) is 0 Å². The molecule has 2 aromatic carbocycles. The summed E-state index contributed by atoms with van der Waals surface area (Å²) in [5.74, 6) is 2.15. The van der Waals surface area contributed by atoms with Gasteiger partial charge < -0.3 is 15.0 Å². The van der Waals surface area contributed by atoms with Crippen LogP contribution in [0.5, 0.6) is 11.6 Å². The van der Waals surface area contributed by atoms with Crippen LogP contribution in [-0.4, -0.2) is 28.0 Å². The number of ether oxygens (including phenoxy) is 1. The Hall–Kier alpha value is -3.22. The molecule has 0 spiro atoms. The normalized spacial score (nSPS) is 14.4. The van der Waals surface area contributed by atoms with E-state index >= 15 is 0 Å². The Balaban J connectivity index is 1.53. The van der Waals surface area contributed by atoms with Crippen molar-refractivity contribution >= 4 is 11.6 Å². The van der Waals surface area contributed by atoms with Crippen molar-refractivity contribution in [1.29, 1.82) is 0 Å². The number of aromatic amines is 1. The highest BCUT2D eigenvalue weighted by molar-refractivity contribution is 6.30. The number of aromatic nitrogens is 3. The van der Waals surface area contributed by atoms with E-state index in [2.05, 4.69) is 15.3 Å². The monoisotopic (exact) mass is 448 g/mol. The number of imidazole rings is 1. The molecule has 0 atom stereocenters. The van der Waals surface area contributed by atoms with Gasteiger partial charge in [-0.3, -0.25) is 0 Å². The fourth-order valence-corrected chi connectivity index (χ4v) is 4.08. The third kappa shape index (κ3) is 4.52. The Morgan fingerprint density at radius 3 is 2.44 bits per heavy atom. The third-order valence-electron chi connectivity index (χ3n) is 5.63. The summed E-state index contributed by atoms with van der Waals surface area (Å²) < 4.78 is 19.5. The van der Waals surface area contributed by atoms with E-state index in [0.717, 1.165) is 54.3 Å². The highest BCUT2D eigenvalue weighted by Gasteiger charge is 2.22. The molecule has 0 radical (unpaired) electrons. The van der Waals surface area contributed by atoms with E-state index in [1.54, 1.807) is 42.6 Å². The van der Waals surface area contributed by atoms with E-state index < -0.39 is 0 Å². The largest absolute Gasteiger partial charge is 0.439 e. The predicted octanol–water partition coefficient (Wildman–Crippen LogP) is 6.19. The van der Waals surface area contributed by atoms with Crippen LogP contribution < -0.4 is 10.1 Å². The number of hydrogen-bond donors (Lipinski definition) is 2. The summed E-state index contributed by atoms with van der Waals surface area (Å²) in [6, 6.07) is 17.4. The molecule has 0 saturated carbocycles. The molecule has 1 aliphatic heterocycles. The predicted molar refractivity (Wildman–Crippen MR) is 124 cm³/mol. The van der Waals surface area contributed by atoms with Crippen molar-refractivity contribution in [3.05, 3.63) is 83.5 Å². The van der Waals surface area contributed by atoms with Crippen molar-refractivity contribution in [2.45, 2.75) is 18.8 Å². The molecule has 5 rings (SSSR count). The number of pyridine rings is 1. The number of benzene rings is 2. The summed E-state index contributed by atoms with van der Waals surface area (Å²) >= 11 is 5.96. The third-order valence-corrected chi connectivity index (χ3v) is 5.88. The van der Waals surface area contributed by atoms with E-state index in [-0.39, 0.29) is 5.82 Å². The van der Waals surface area contributed by atoms with E-state index in [0.29, 0.717) is 22.6 Å². The van der Waals surface area contributed by atoms with Gasteiger partial charge in [0.2, 0.25) is 5.88 Å². The minimum Gasteiger partial charge on any atom is -0.439 e. The summed E-state index contributed by atoms with van der Waals surface area (Å²) in [5, 5.41) is 4.04. The first-order valence-electron chi connectivity index (χ1n) is 10.6. The summed E-state index contributed by atoms with van der Waals surface area (Å²) in [6.07, 6.45) is 3.75. The number of hydrogen-bond acceptors (Lipinski definition) is 4. The van der Waals surface area contributed by atoms with Gasteiger partial charge in [0, 0.05) is 34.3 Å². The Morgan fingerprint density at radius 1 is 0.938 bits per heavy atom. The minimum absolute atomic E-state index is 0.268. The Labute approximate surface area is 190 Å². The van der Waals surface area contributed by atoms with Gasteiger partial charge >= 0.3 is 0 Å². The zero-order chi connectivity index (χ0) is 21.9. The van der Waals surface area contributed by atoms with Crippen molar-refractivity contribution < 1.29 is 9.13 Å². The summed E-state index contributed by atoms with van der Waals surface area (Å²) in [7, 11) is 0. The van der Waals surface area contributed by atoms with Crippen LogP contribution in [0.3, 0.4) is 0 Å². The number of nitrogens with one attached hydrogen (secondary N) is 2. The van der Waals surface area contributed by atoms with Gasteiger partial charge in [0.05, 0.1) is 11.4 Å². The Morgan fingerprint density at radius 2 is 1.69 bits per heavy atom. The molecule has 162 valence electrons. The van der Waals surface area contributed by atoms with Gasteiger partial charge in [-0.15, -0.1) is 0 Å². The molecule has 1 aliphatic rings. The fourth-order valence-electron chi connectivity index (χ4n) is 3.95. The summed E-state index contributed by atoms with van der Waals surface area (Å²) in [5.41, 5.74) is 3.42. The smallest absolute Gasteiger partial charge is 0.219 e. The van der Waals surface area contributed by atoms with Crippen molar-refractivity contribution in [2.75, 3.05) is 13.1 Å². The number of nitrogens with zero attached hydrogens (tertiary/aromatic N) is 2. The van der Waals surface area contributed by atoms with Crippen LogP contribution in [0.1, 0.15) is 24.6 Å². The van der Waals surface area contributed by atoms with Crippen molar-refractivity contribution in [1.82, 2.24) is 20.3 Å². The van der Waals surface area contributed by atoms with Gasteiger partial charge in [-0.2, -0.15) is 0 Å². The van der Waals surface area contributed by atoms with Crippen LogP contribution in [0.25, 0.3) is 22.5 Å². The van der Waals surface area contributed by atoms with Crippen LogP contribution in [0.2, 0.25) is 5.02 Å². The maximum Gasteiger partial charge on any atom is 0.219 e. The average molecular weight is 449 g/mol. The molecule has 7 heteroatoms. The molecule has 2 aromatic heterocycles. The van der Waals surface area contributed by atoms with Gasteiger partial charge in [0.1, 0.15) is 17.4 Å². The van der Waals surface area contributed by atoms with Gasteiger partial charge in [-0.05, 0) is 80.5 Å². The Kier molecular flexibility index (Phi) is 5.88. The topological polar surface area (TPSA) is 62.8 Å². The molecule has 0 unspecified atom stereocenters. The summed E-state index contributed by atoms with van der Waals surface area (Å²) in [4.78, 5) is 12.9. The molecule has 3 heterocycles. The van der Waals surface area contributed by atoms with Crippen molar-refractivity contribution in [3.63, 3.8) is 0 Å². The summed E-state index contributed by atoms with van der Waals surface area (Å²) in [6.45, 7) is 1.95. The van der Waals surface area contributed by atoms with Crippen molar-refractivity contribution in [2.24, 2.45) is 0 Å². The second-order valence-electron chi connectivity index (χ2n) is 7.82. The molecule has 32 heavy (non-hydrogen) atoms. The first-order chi connectivity index (χ1) is 15.7. The highest BCUT2D eigenvalue weighted by atomic mass is 35.5. The quantitative estimate of drug-likeness (QED) is 0.382. The zero-order valence-corrected chi connectivity index (χ0v) is 18.1. The fraction of sp³-hybridized carbons (Fsp3) is 0.200. The number of rotatable bonds is 5. The van der Waals surface area contributed by atoms with E-state index in [1.807, 2.05) is 12.1 Å². The number of halogens is 2. The lowest BCUT2D eigenvalue weighted by Crippen LogP contribution is -2.27. The SMILES string of the molecule is Fc1ccc(-c2[nH]c(C3CCNCC3)nc2-c2ccnc(Oc3ccc(Cl)cc3)c2)cc1. The minimum atomic E-state index is -0.268. The highest BCUT2D eigenvalue weighted by Crippen LogP contribution is 2.35.